The van der Waals surface area contributed by atoms with E-state index >= 15 is 0 Å². The molecular formula is C18H24N2O5. The van der Waals surface area contributed by atoms with Crippen molar-refractivity contribution in [3.8, 4) is 0 Å². The zero-order valence-electron chi connectivity index (χ0n) is 14.7. The SMILES string of the molecule is COC(C)(C)C(=O)Nc1cccc(C(=O)N2CCCCC2C(=O)O)c1. The van der Waals surface area contributed by atoms with E-state index in [1.54, 1.807) is 38.1 Å². The lowest BCUT2D eigenvalue weighted by molar-refractivity contribution is -0.143. The van der Waals surface area contributed by atoms with Gasteiger partial charge in [-0.15, -0.1) is 0 Å². The monoisotopic (exact) mass is 348 g/mol. The molecule has 2 amide bonds. The molecule has 0 saturated carbocycles. The molecule has 1 saturated heterocycles. The summed E-state index contributed by atoms with van der Waals surface area (Å²) in [4.78, 5) is 37.7. The second kappa shape index (κ2) is 7.65. The molecule has 2 rings (SSSR count). The number of nitrogens with one attached hydrogen (secondary N) is 1. The van der Waals surface area contributed by atoms with Crippen LogP contribution in [0.4, 0.5) is 5.69 Å². The Balaban J connectivity index is 2.18. The fourth-order valence-corrected chi connectivity index (χ4v) is 2.70. The van der Waals surface area contributed by atoms with Gasteiger partial charge in [-0.25, -0.2) is 4.79 Å². The van der Waals surface area contributed by atoms with Gasteiger partial charge in [0.15, 0.2) is 0 Å². The minimum absolute atomic E-state index is 0.332. The Labute approximate surface area is 147 Å². The first-order chi connectivity index (χ1) is 11.8. The van der Waals surface area contributed by atoms with E-state index in [0.29, 0.717) is 24.2 Å². The molecule has 1 aromatic carbocycles. The average Bonchev–Trinajstić information content (AvgIpc) is 2.61. The molecule has 0 radical (unpaired) electrons. The van der Waals surface area contributed by atoms with E-state index in [2.05, 4.69) is 5.32 Å². The summed E-state index contributed by atoms with van der Waals surface area (Å²) in [6.45, 7) is 3.70. The summed E-state index contributed by atoms with van der Waals surface area (Å²) in [5.41, 5.74) is -0.188. The number of hydrogen-bond donors (Lipinski definition) is 2. The van der Waals surface area contributed by atoms with Crippen molar-refractivity contribution in [2.75, 3.05) is 19.0 Å². The summed E-state index contributed by atoms with van der Waals surface area (Å²) in [6, 6.07) is 5.70. The predicted molar refractivity (Wildman–Crippen MR) is 92.5 cm³/mol. The number of hydrogen-bond acceptors (Lipinski definition) is 4. The third-order valence-electron chi connectivity index (χ3n) is 4.47. The van der Waals surface area contributed by atoms with Crippen molar-refractivity contribution in [1.29, 1.82) is 0 Å². The van der Waals surface area contributed by atoms with Crippen LogP contribution in [0.25, 0.3) is 0 Å². The van der Waals surface area contributed by atoms with Crippen molar-refractivity contribution in [3.05, 3.63) is 29.8 Å². The summed E-state index contributed by atoms with van der Waals surface area (Å²) in [6.07, 6.45) is 2.04. The normalized spacial score (nSPS) is 17.9. The van der Waals surface area contributed by atoms with Crippen molar-refractivity contribution in [2.24, 2.45) is 0 Å². The van der Waals surface area contributed by atoms with Crippen molar-refractivity contribution in [3.63, 3.8) is 0 Å². The fraction of sp³-hybridized carbons (Fsp3) is 0.500. The molecule has 1 heterocycles. The van der Waals surface area contributed by atoms with Gasteiger partial charge in [0.25, 0.3) is 11.8 Å². The number of piperidine rings is 1. The smallest absolute Gasteiger partial charge is 0.326 e. The van der Waals surface area contributed by atoms with Crippen molar-refractivity contribution >= 4 is 23.5 Å². The van der Waals surface area contributed by atoms with Gasteiger partial charge < -0.3 is 20.1 Å². The van der Waals surface area contributed by atoms with Crippen molar-refractivity contribution in [1.82, 2.24) is 4.90 Å². The van der Waals surface area contributed by atoms with E-state index in [-0.39, 0.29) is 11.8 Å². The van der Waals surface area contributed by atoms with E-state index in [1.807, 2.05) is 0 Å². The number of amides is 2. The summed E-state index contributed by atoms with van der Waals surface area (Å²) < 4.78 is 5.13. The molecule has 7 nitrogen and oxygen atoms in total. The van der Waals surface area contributed by atoms with Crippen molar-refractivity contribution < 1.29 is 24.2 Å². The molecule has 1 aliphatic heterocycles. The van der Waals surface area contributed by atoms with E-state index in [0.717, 1.165) is 12.8 Å². The van der Waals surface area contributed by atoms with Gasteiger partial charge in [-0.05, 0) is 51.3 Å². The molecule has 2 N–H and O–H groups in total. The number of rotatable bonds is 5. The highest BCUT2D eigenvalue weighted by Crippen LogP contribution is 2.22. The Morgan fingerprint density at radius 2 is 2.00 bits per heavy atom. The molecule has 1 atom stereocenters. The number of benzene rings is 1. The van der Waals surface area contributed by atoms with Crippen LogP contribution < -0.4 is 5.32 Å². The number of likely N-dealkylation sites (tertiary alicyclic amines) is 1. The van der Waals surface area contributed by atoms with Crippen LogP contribution in [0.2, 0.25) is 0 Å². The summed E-state index contributed by atoms with van der Waals surface area (Å²) in [5.74, 6) is -1.66. The molecule has 1 aliphatic rings. The van der Waals surface area contributed by atoms with Gasteiger partial charge in [0.2, 0.25) is 0 Å². The fourth-order valence-electron chi connectivity index (χ4n) is 2.70. The molecular weight excluding hydrogens is 324 g/mol. The molecule has 0 spiro atoms. The van der Waals surface area contributed by atoms with Crippen LogP contribution in [0.5, 0.6) is 0 Å². The summed E-state index contributed by atoms with van der Waals surface area (Å²) in [7, 11) is 1.45. The maximum Gasteiger partial charge on any atom is 0.326 e. The lowest BCUT2D eigenvalue weighted by Crippen LogP contribution is -2.48. The minimum Gasteiger partial charge on any atom is -0.480 e. The van der Waals surface area contributed by atoms with Crippen LogP contribution >= 0.6 is 0 Å². The molecule has 0 aromatic heterocycles. The third kappa shape index (κ3) is 4.36. The number of carbonyl (C=O) groups is 3. The molecule has 1 fully saturated rings. The van der Waals surface area contributed by atoms with Crippen molar-refractivity contribution in [2.45, 2.75) is 44.8 Å². The Bertz CT molecular complexity index is 671. The minimum atomic E-state index is -0.999. The van der Waals surface area contributed by atoms with Crippen LogP contribution in [0.1, 0.15) is 43.5 Å². The lowest BCUT2D eigenvalue weighted by atomic mass is 10.0. The Kier molecular flexibility index (Phi) is 5.79. The van der Waals surface area contributed by atoms with Gasteiger partial charge >= 0.3 is 5.97 Å². The van der Waals surface area contributed by atoms with Gasteiger partial charge in [0.05, 0.1) is 0 Å². The van der Waals surface area contributed by atoms with E-state index in [9.17, 15) is 19.5 Å². The average molecular weight is 348 g/mol. The standard InChI is InChI=1S/C18H24N2O5/c1-18(2,25-3)17(24)19-13-8-6-7-12(11-13)15(21)20-10-5-4-9-14(20)16(22)23/h6-8,11,14H,4-5,9-10H2,1-3H3,(H,19,24)(H,22,23). The quantitative estimate of drug-likeness (QED) is 0.850. The lowest BCUT2D eigenvalue weighted by Gasteiger charge is -2.33. The first-order valence-electron chi connectivity index (χ1n) is 8.26. The number of methoxy groups -OCH3 is 1. The summed E-state index contributed by atoms with van der Waals surface area (Å²) >= 11 is 0. The van der Waals surface area contributed by atoms with Crippen LogP contribution in [-0.4, -0.2) is 53.1 Å². The number of carboxylic acids is 1. The van der Waals surface area contributed by atoms with Crippen LogP contribution in [-0.2, 0) is 14.3 Å². The van der Waals surface area contributed by atoms with Crippen LogP contribution in [0, 0.1) is 0 Å². The predicted octanol–water partition coefficient (Wildman–Crippen LogP) is 2.13. The van der Waals surface area contributed by atoms with E-state index in [4.69, 9.17) is 4.74 Å². The van der Waals surface area contributed by atoms with Gasteiger partial charge in [0, 0.05) is 24.9 Å². The highest BCUT2D eigenvalue weighted by atomic mass is 16.5. The second-order valence-electron chi connectivity index (χ2n) is 6.60. The highest BCUT2D eigenvalue weighted by Gasteiger charge is 2.32. The van der Waals surface area contributed by atoms with Gasteiger partial charge in [-0.3, -0.25) is 9.59 Å². The first-order valence-corrected chi connectivity index (χ1v) is 8.26. The molecule has 0 aliphatic carbocycles. The Hall–Kier alpha value is -2.41. The molecule has 7 heteroatoms. The Morgan fingerprint density at radius 3 is 2.64 bits per heavy atom. The summed E-state index contributed by atoms with van der Waals surface area (Å²) in [5, 5.41) is 12.0. The maximum absolute atomic E-state index is 12.7. The first kappa shape index (κ1) is 18.9. The molecule has 25 heavy (non-hydrogen) atoms. The number of ether oxygens (including phenoxy) is 1. The van der Waals surface area contributed by atoms with Crippen LogP contribution in [0.3, 0.4) is 0 Å². The van der Waals surface area contributed by atoms with Gasteiger partial charge in [-0.2, -0.15) is 0 Å². The van der Waals surface area contributed by atoms with Gasteiger partial charge in [0.1, 0.15) is 11.6 Å². The number of nitrogens with zero attached hydrogens (tertiary/aromatic N) is 1. The molecule has 1 aromatic rings. The number of carbonyl (C=O) groups excluding carboxylic acids is 2. The van der Waals surface area contributed by atoms with Gasteiger partial charge in [-0.1, -0.05) is 6.07 Å². The largest absolute Gasteiger partial charge is 0.480 e. The third-order valence-corrected chi connectivity index (χ3v) is 4.47. The molecule has 136 valence electrons. The van der Waals surface area contributed by atoms with E-state index in [1.165, 1.54) is 12.0 Å². The van der Waals surface area contributed by atoms with E-state index < -0.39 is 17.6 Å². The zero-order valence-corrected chi connectivity index (χ0v) is 14.7. The number of carboxylic acid groups (broad SMARTS) is 1. The maximum atomic E-state index is 12.7. The van der Waals surface area contributed by atoms with Crippen LogP contribution in [0.15, 0.2) is 24.3 Å². The Morgan fingerprint density at radius 1 is 1.28 bits per heavy atom. The highest BCUT2D eigenvalue weighted by molar-refractivity contribution is 6.00. The molecule has 1 unspecified atom stereocenters. The topological polar surface area (TPSA) is 95.9 Å². The number of anilines is 1. The molecule has 0 bridgehead atoms. The second-order valence-corrected chi connectivity index (χ2v) is 6.60. The number of aliphatic carboxylic acids is 1. The zero-order chi connectivity index (χ0) is 18.6.